The van der Waals surface area contributed by atoms with Gasteiger partial charge in [-0.3, -0.25) is 5.41 Å². The maximum Gasteiger partial charge on any atom is 0.156 e. The number of pyridine rings is 1. The van der Waals surface area contributed by atoms with E-state index < -0.39 is 0 Å². The summed E-state index contributed by atoms with van der Waals surface area (Å²) in [4.78, 5) is 0. The predicted molar refractivity (Wildman–Crippen MR) is 74.1 cm³/mol. The highest BCUT2D eigenvalue weighted by Crippen LogP contribution is 2.28. The fourth-order valence-corrected chi connectivity index (χ4v) is 2.34. The van der Waals surface area contributed by atoms with Crippen molar-refractivity contribution in [1.82, 2.24) is 4.68 Å². The van der Waals surface area contributed by atoms with E-state index in [2.05, 4.69) is 5.22 Å². The Hall–Kier alpha value is -2.89. The van der Waals surface area contributed by atoms with Crippen LogP contribution in [0.3, 0.4) is 0 Å². The number of methoxy groups -OCH3 is 1. The van der Waals surface area contributed by atoms with E-state index in [4.69, 9.17) is 15.7 Å². The topological polar surface area (TPSA) is 94.5 Å². The second-order valence-corrected chi connectivity index (χ2v) is 4.37. The molecule has 3 N–H and O–H groups in total. The van der Waals surface area contributed by atoms with Crippen LogP contribution in [-0.4, -0.2) is 16.9 Å². The van der Waals surface area contributed by atoms with Crippen molar-refractivity contribution in [1.29, 1.82) is 10.9 Å². The summed E-state index contributed by atoms with van der Waals surface area (Å²) in [5.41, 5.74) is 7.86. The SMILES string of the molecule is COc1ccc2c(c1)c(=N)n(N=N)c1cc(O)ccc21. The number of hydrogen-bond acceptors (Lipinski definition) is 5. The lowest BCUT2D eigenvalue weighted by Crippen LogP contribution is -2.16. The Morgan fingerprint density at radius 1 is 1.10 bits per heavy atom. The lowest BCUT2D eigenvalue weighted by molar-refractivity contribution is 0.415. The Morgan fingerprint density at radius 2 is 1.85 bits per heavy atom. The van der Waals surface area contributed by atoms with Crippen LogP contribution in [0.5, 0.6) is 11.5 Å². The van der Waals surface area contributed by atoms with E-state index in [0.717, 1.165) is 10.8 Å². The summed E-state index contributed by atoms with van der Waals surface area (Å²) in [6.45, 7) is 0. The molecule has 0 aliphatic heterocycles. The summed E-state index contributed by atoms with van der Waals surface area (Å²) >= 11 is 0. The molecule has 1 aromatic heterocycles. The molecule has 100 valence electrons. The predicted octanol–water partition coefficient (Wildman–Crippen LogP) is 2.78. The molecule has 2 aromatic carbocycles. The first-order chi connectivity index (χ1) is 9.65. The molecule has 0 amide bonds. The monoisotopic (exact) mass is 268 g/mol. The lowest BCUT2D eigenvalue weighted by Gasteiger charge is -2.10. The molecular weight excluding hydrogens is 256 g/mol. The van der Waals surface area contributed by atoms with E-state index >= 15 is 0 Å². The number of benzene rings is 2. The summed E-state index contributed by atoms with van der Waals surface area (Å²) in [6, 6.07) is 10.2. The maximum atomic E-state index is 9.60. The highest BCUT2D eigenvalue weighted by Gasteiger charge is 2.10. The number of aromatic hydroxyl groups is 1. The molecule has 0 unspecified atom stereocenters. The highest BCUT2D eigenvalue weighted by molar-refractivity contribution is 6.06. The molecule has 0 aliphatic rings. The van der Waals surface area contributed by atoms with Crippen molar-refractivity contribution < 1.29 is 9.84 Å². The Kier molecular flexibility index (Phi) is 2.64. The van der Waals surface area contributed by atoms with Gasteiger partial charge in [0.15, 0.2) is 5.49 Å². The minimum atomic E-state index is 0.0714. The average molecular weight is 268 g/mol. The molecule has 3 aromatic rings. The molecule has 0 bridgehead atoms. The van der Waals surface area contributed by atoms with E-state index in [1.54, 1.807) is 25.3 Å². The zero-order valence-corrected chi connectivity index (χ0v) is 10.7. The maximum absolute atomic E-state index is 9.60. The number of ether oxygens (including phenoxy) is 1. The van der Waals surface area contributed by atoms with Crippen LogP contribution in [0.1, 0.15) is 0 Å². The fourth-order valence-electron chi connectivity index (χ4n) is 2.34. The van der Waals surface area contributed by atoms with Gasteiger partial charge in [-0.05, 0) is 35.7 Å². The molecule has 6 nitrogen and oxygen atoms in total. The summed E-state index contributed by atoms with van der Waals surface area (Å²) < 4.78 is 6.35. The van der Waals surface area contributed by atoms with Crippen molar-refractivity contribution in [3.8, 4) is 11.5 Å². The van der Waals surface area contributed by atoms with Gasteiger partial charge in [-0.1, -0.05) is 5.22 Å². The highest BCUT2D eigenvalue weighted by atomic mass is 16.5. The first kappa shape index (κ1) is 12.2. The standard InChI is InChI=1S/C14H12N4O2/c1-20-9-3-5-10-11-4-2-8(19)6-13(11)18(17-16)14(15)12(10)7-9/h2-7,15-16,19H,1H3. The third kappa shape index (κ3) is 1.62. The van der Waals surface area contributed by atoms with Crippen LogP contribution in [0.2, 0.25) is 0 Å². The molecule has 6 heteroatoms. The van der Waals surface area contributed by atoms with Crippen molar-refractivity contribution >= 4 is 21.7 Å². The molecule has 0 saturated heterocycles. The molecule has 0 aliphatic carbocycles. The number of fused-ring (bicyclic) bond motifs is 3. The van der Waals surface area contributed by atoms with Gasteiger partial charge in [0.05, 0.1) is 12.6 Å². The number of nitrogens with zero attached hydrogens (tertiary/aromatic N) is 2. The number of phenols is 1. The zero-order valence-electron chi connectivity index (χ0n) is 10.7. The molecule has 0 saturated carbocycles. The van der Waals surface area contributed by atoms with Crippen molar-refractivity contribution in [2.75, 3.05) is 7.11 Å². The van der Waals surface area contributed by atoms with Gasteiger partial charge >= 0.3 is 0 Å². The molecule has 0 radical (unpaired) electrons. The van der Waals surface area contributed by atoms with E-state index in [-0.39, 0.29) is 11.2 Å². The Bertz CT molecular complexity index is 899. The number of aromatic nitrogens is 1. The van der Waals surface area contributed by atoms with Crippen LogP contribution >= 0.6 is 0 Å². The number of nitrogens with one attached hydrogen (secondary N) is 2. The normalized spacial score (nSPS) is 10.8. The number of phenolic OH excluding ortho intramolecular Hbond substituents is 1. The summed E-state index contributed by atoms with van der Waals surface area (Å²) in [5.74, 6) is 0.711. The second-order valence-electron chi connectivity index (χ2n) is 4.37. The molecule has 3 rings (SSSR count). The summed E-state index contributed by atoms with van der Waals surface area (Å²) in [6.07, 6.45) is 0. The van der Waals surface area contributed by atoms with Crippen molar-refractivity contribution in [2.24, 2.45) is 5.22 Å². The fraction of sp³-hybridized carbons (Fsp3) is 0.0714. The molecule has 20 heavy (non-hydrogen) atoms. The van der Waals surface area contributed by atoms with E-state index in [0.29, 0.717) is 16.7 Å². The Morgan fingerprint density at radius 3 is 2.55 bits per heavy atom. The van der Waals surface area contributed by atoms with Crippen molar-refractivity contribution in [3.63, 3.8) is 0 Å². The van der Waals surface area contributed by atoms with Gasteiger partial charge in [-0.15, -0.1) is 0 Å². The van der Waals surface area contributed by atoms with Crippen molar-refractivity contribution in [2.45, 2.75) is 0 Å². The van der Waals surface area contributed by atoms with Gasteiger partial charge in [0, 0.05) is 16.8 Å². The van der Waals surface area contributed by atoms with Gasteiger partial charge in [-0.25, -0.2) is 0 Å². The molecular formula is C14H12N4O2. The largest absolute Gasteiger partial charge is 0.508 e. The first-order valence-corrected chi connectivity index (χ1v) is 5.93. The summed E-state index contributed by atoms with van der Waals surface area (Å²) in [5, 5.41) is 23.4. The molecule has 0 fully saturated rings. The van der Waals surface area contributed by atoms with E-state index in [1.807, 2.05) is 12.1 Å². The number of rotatable bonds is 2. The quantitative estimate of drug-likeness (QED) is 0.492. The van der Waals surface area contributed by atoms with Gasteiger partial charge in [0.2, 0.25) is 0 Å². The molecule has 0 atom stereocenters. The number of hydrogen-bond donors (Lipinski definition) is 3. The van der Waals surface area contributed by atoms with Crippen LogP contribution in [0.4, 0.5) is 0 Å². The Balaban J connectivity index is 2.60. The summed E-state index contributed by atoms with van der Waals surface area (Å²) in [7, 11) is 1.56. The average Bonchev–Trinajstić information content (AvgIpc) is 2.47. The smallest absolute Gasteiger partial charge is 0.156 e. The van der Waals surface area contributed by atoms with Crippen molar-refractivity contribution in [3.05, 3.63) is 41.9 Å². The van der Waals surface area contributed by atoms with Gasteiger partial charge in [-0.2, -0.15) is 10.2 Å². The molecule has 0 spiro atoms. The van der Waals surface area contributed by atoms with Crippen LogP contribution in [-0.2, 0) is 0 Å². The van der Waals surface area contributed by atoms with Crippen LogP contribution in [0, 0.1) is 10.9 Å². The van der Waals surface area contributed by atoms with Gasteiger partial charge < -0.3 is 9.84 Å². The van der Waals surface area contributed by atoms with Crippen LogP contribution < -0.4 is 10.2 Å². The minimum Gasteiger partial charge on any atom is -0.508 e. The zero-order chi connectivity index (χ0) is 14.3. The Labute approximate surface area is 113 Å². The van der Waals surface area contributed by atoms with Crippen LogP contribution in [0.25, 0.3) is 21.7 Å². The van der Waals surface area contributed by atoms with Gasteiger partial charge in [0.1, 0.15) is 11.5 Å². The van der Waals surface area contributed by atoms with E-state index in [9.17, 15) is 5.11 Å². The second kappa shape index (κ2) is 4.34. The molecule has 1 heterocycles. The third-order valence-electron chi connectivity index (χ3n) is 3.29. The lowest BCUT2D eigenvalue weighted by atomic mass is 10.1. The van der Waals surface area contributed by atoms with Crippen LogP contribution in [0.15, 0.2) is 41.6 Å². The first-order valence-electron chi connectivity index (χ1n) is 5.93. The van der Waals surface area contributed by atoms with Gasteiger partial charge in [0.25, 0.3) is 0 Å². The van der Waals surface area contributed by atoms with E-state index in [1.165, 1.54) is 10.7 Å². The third-order valence-corrected chi connectivity index (χ3v) is 3.29. The minimum absolute atomic E-state index is 0.0714.